The van der Waals surface area contributed by atoms with E-state index in [4.69, 9.17) is 23.2 Å². The molecule has 0 aliphatic carbocycles. The Labute approximate surface area is 135 Å². The van der Waals surface area contributed by atoms with E-state index in [1.165, 1.54) is 0 Å². The molecule has 21 heavy (non-hydrogen) atoms. The molecular weight excluding hydrogens is 307 g/mol. The Kier molecular flexibility index (Phi) is 5.25. The molecule has 0 saturated heterocycles. The molecule has 0 aliphatic rings. The van der Waals surface area contributed by atoms with Gasteiger partial charge in [-0.1, -0.05) is 37.0 Å². The fourth-order valence-electron chi connectivity index (χ4n) is 2.06. The summed E-state index contributed by atoms with van der Waals surface area (Å²) < 4.78 is 1.75. The van der Waals surface area contributed by atoms with Gasteiger partial charge >= 0.3 is 0 Å². The van der Waals surface area contributed by atoms with Gasteiger partial charge in [-0.25, -0.2) is 9.67 Å². The van der Waals surface area contributed by atoms with E-state index in [1.54, 1.807) is 10.9 Å². The lowest BCUT2D eigenvalue weighted by Gasteiger charge is -2.11. The molecule has 0 amide bonds. The first-order valence-electron chi connectivity index (χ1n) is 6.97. The third-order valence-electron chi connectivity index (χ3n) is 3.21. The molecule has 0 atom stereocenters. The first-order valence-corrected chi connectivity index (χ1v) is 7.73. The van der Waals surface area contributed by atoms with Gasteiger partial charge in [0, 0.05) is 12.7 Å². The first kappa shape index (κ1) is 16.3. The minimum atomic E-state index is 0.597. The third-order valence-corrected chi connectivity index (χ3v) is 4.10. The first-order chi connectivity index (χ1) is 9.90. The van der Waals surface area contributed by atoms with Gasteiger partial charge in [0.1, 0.15) is 0 Å². The SMILES string of the molecule is Cc1nn(-c2cc(CNCC(C)C)c(Cl)cn2)c(C)c1Cl. The number of nitrogens with one attached hydrogen (secondary N) is 1. The Morgan fingerprint density at radius 2 is 2.00 bits per heavy atom. The highest BCUT2D eigenvalue weighted by atomic mass is 35.5. The lowest BCUT2D eigenvalue weighted by molar-refractivity contribution is 0.552. The number of hydrogen-bond donors (Lipinski definition) is 1. The summed E-state index contributed by atoms with van der Waals surface area (Å²) in [6, 6.07) is 1.95. The Hall–Kier alpha value is -1.10. The predicted molar refractivity (Wildman–Crippen MR) is 87.4 cm³/mol. The summed E-state index contributed by atoms with van der Waals surface area (Å²) in [4.78, 5) is 4.35. The van der Waals surface area contributed by atoms with E-state index in [0.717, 1.165) is 29.3 Å². The van der Waals surface area contributed by atoms with Crippen molar-refractivity contribution in [1.82, 2.24) is 20.1 Å². The summed E-state index contributed by atoms with van der Waals surface area (Å²) in [7, 11) is 0. The molecule has 0 aliphatic heterocycles. The molecule has 2 rings (SSSR count). The van der Waals surface area contributed by atoms with Crippen LogP contribution >= 0.6 is 23.2 Å². The van der Waals surface area contributed by atoms with Crippen LogP contribution in [-0.4, -0.2) is 21.3 Å². The zero-order chi connectivity index (χ0) is 15.6. The molecule has 0 fully saturated rings. The van der Waals surface area contributed by atoms with Gasteiger partial charge in [-0.05, 0) is 37.9 Å². The van der Waals surface area contributed by atoms with E-state index < -0.39 is 0 Å². The second kappa shape index (κ2) is 6.77. The van der Waals surface area contributed by atoms with Crippen molar-refractivity contribution in [1.29, 1.82) is 0 Å². The van der Waals surface area contributed by atoms with Crippen LogP contribution in [0.25, 0.3) is 5.82 Å². The van der Waals surface area contributed by atoms with Gasteiger partial charge in [0.15, 0.2) is 5.82 Å². The van der Waals surface area contributed by atoms with Crippen molar-refractivity contribution in [2.45, 2.75) is 34.2 Å². The van der Waals surface area contributed by atoms with E-state index in [-0.39, 0.29) is 0 Å². The molecule has 114 valence electrons. The lowest BCUT2D eigenvalue weighted by atomic mass is 10.2. The molecule has 2 aromatic rings. The topological polar surface area (TPSA) is 42.7 Å². The van der Waals surface area contributed by atoms with E-state index in [2.05, 4.69) is 29.2 Å². The van der Waals surface area contributed by atoms with Crippen LogP contribution in [0.4, 0.5) is 0 Å². The van der Waals surface area contributed by atoms with Crippen molar-refractivity contribution in [3.05, 3.63) is 39.3 Å². The average Bonchev–Trinajstić information content (AvgIpc) is 2.68. The fourth-order valence-corrected chi connectivity index (χ4v) is 2.35. The minimum Gasteiger partial charge on any atom is -0.312 e. The van der Waals surface area contributed by atoms with Crippen LogP contribution in [0.1, 0.15) is 30.8 Å². The summed E-state index contributed by atoms with van der Waals surface area (Å²) >= 11 is 12.4. The number of aromatic nitrogens is 3. The normalized spacial score (nSPS) is 11.4. The molecule has 0 unspecified atom stereocenters. The highest BCUT2D eigenvalue weighted by Crippen LogP contribution is 2.23. The summed E-state index contributed by atoms with van der Waals surface area (Å²) in [6.07, 6.45) is 1.66. The van der Waals surface area contributed by atoms with E-state index in [1.807, 2.05) is 19.9 Å². The van der Waals surface area contributed by atoms with Crippen LogP contribution in [0.5, 0.6) is 0 Å². The molecular formula is C15H20Cl2N4. The molecule has 1 N–H and O–H groups in total. The monoisotopic (exact) mass is 326 g/mol. The summed E-state index contributed by atoms with van der Waals surface area (Å²) in [5, 5.41) is 9.13. The van der Waals surface area contributed by atoms with Crippen LogP contribution in [0.15, 0.2) is 12.3 Å². The standard InChI is InChI=1S/C15H20Cl2N4/c1-9(2)6-18-7-12-5-14(19-8-13(12)16)21-11(4)15(17)10(3)20-21/h5,8-9,18H,6-7H2,1-4H3. The van der Waals surface area contributed by atoms with E-state index >= 15 is 0 Å². The van der Waals surface area contributed by atoms with Gasteiger partial charge in [0.25, 0.3) is 0 Å². The molecule has 4 nitrogen and oxygen atoms in total. The average molecular weight is 327 g/mol. The Morgan fingerprint density at radius 1 is 1.29 bits per heavy atom. The molecule has 0 bridgehead atoms. The largest absolute Gasteiger partial charge is 0.312 e. The van der Waals surface area contributed by atoms with Crippen LogP contribution < -0.4 is 5.32 Å². The van der Waals surface area contributed by atoms with E-state index in [0.29, 0.717) is 22.5 Å². The highest BCUT2D eigenvalue weighted by molar-refractivity contribution is 6.32. The Bertz CT molecular complexity index is 635. The van der Waals surface area contributed by atoms with Crippen LogP contribution in [0, 0.1) is 19.8 Å². The third kappa shape index (κ3) is 3.76. The second-order valence-corrected chi connectivity index (χ2v) is 6.34. The van der Waals surface area contributed by atoms with Crippen molar-refractivity contribution in [3.63, 3.8) is 0 Å². The minimum absolute atomic E-state index is 0.597. The van der Waals surface area contributed by atoms with Crippen molar-refractivity contribution < 1.29 is 0 Å². The molecule has 0 aromatic carbocycles. The van der Waals surface area contributed by atoms with Crippen molar-refractivity contribution >= 4 is 23.2 Å². The van der Waals surface area contributed by atoms with Crippen LogP contribution in [-0.2, 0) is 6.54 Å². The molecule has 0 saturated carbocycles. The number of aryl methyl sites for hydroxylation is 1. The maximum atomic E-state index is 6.22. The Balaban J connectivity index is 2.27. The van der Waals surface area contributed by atoms with Gasteiger partial charge in [-0.2, -0.15) is 5.10 Å². The van der Waals surface area contributed by atoms with Crippen molar-refractivity contribution in [2.75, 3.05) is 6.54 Å². The predicted octanol–water partition coefficient (Wildman–Crippen LogP) is 3.94. The summed E-state index contributed by atoms with van der Waals surface area (Å²) in [5.74, 6) is 1.33. The number of rotatable bonds is 5. The van der Waals surface area contributed by atoms with Gasteiger partial charge in [-0.3, -0.25) is 0 Å². The van der Waals surface area contributed by atoms with Crippen LogP contribution in [0.2, 0.25) is 10.0 Å². The number of halogens is 2. The fraction of sp³-hybridized carbons (Fsp3) is 0.467. The maximum absolute atomic E-state index is 6.22. The summed E-state index contributed by atoms with van der Waals surface area (Å²) in [5.41, 5.74) is 2.68. The maximum Gasteiger partial charge on any atom is 0.154 e. The number of nitrogens with zero attached hydrogens (tertiary/aromatic N) is 3. The zero-order valence-electron chi connectivity index (χ0n) is 12.7. The molecule has 0 radical (unpaired) electrons. The summed E-state index contributed by atoms with van der Waals surface area (Å²) in [6.45, 7) is 9.80. The molecule has 6 heteroatoms. The quantitative estimate of drug-likeness (QED) is 0.905. The molecule has 2 heterocycles. The van der Waals surface area contributed by atoms with Gasteiger partial charge < -0.3 is 5.32 Å². The lowest BCUT2D eigenvalue weighted by Crippen LogP contribution is -2.19. The van der Waals surface area contributed by atoms with Gasteiger partial charge in [-0.15, -0.1) is 0 Å². The second-order valence-electron chi connectivity index (χ2n) is 5.56. The van der Waals surface area contributed by atoms with Crippen LogP contribution in [0.3, 0.4) is 0 Å². The number of pyridine rings is 1. The van der Waals surface area contributed by atoms with E-state index in [9.17, 15) is 0 Å². The smallest absolute Gasteiger partial charge is 0.154 e. The Morgan fingerprint density at radius 3 is 2.57 bits per heavy atom. The number of hydrogen-bond acceptors (Lipinski definition) is 3. The zero-order valence-corrected chi connectivity index (χ0v) is 14.3. The molecule has 0 spiro atoms. The van der Waals surface area contributed by atoms with Crippen molar-refractivity contribution in [3.8, 4) is 5.82 Å². The molecule has 2 aromatic heterocycles. The highest BCUT2D eigenvalue weighted by Gasteiger charge is 2.13. The van der Waals surface area contributed by atoms with Crippen molar-refractivity contribution in [2.24, 2.45) is 5.92 Å². The van der Waals surface area contributed by atoms with Gasteiger partial charge in [0.2, 0.25) is 0 Å². The van der Waals surface area contributed by atoms with Gasteiger partial charge in [0.05, 0.1) is 21.4 Å².